The fourth-order valence-electron chi connectivity index (χ4n) is 1.81. The predicted octanol–water partition coefficient (Wildman–Crippen LogP) is 0.689. The summed E-state index contributed by atoms with van der Waals surface area (Å²) in [6.45, 7) is 5.27. The molecule has 6 nitrogen and oxygen atoms in total. The Kier molecular flexibility index (Phi) is 3.98. The van der Waals surface area contributed by atoms with Gasteiger partial charge in [-0.1, -0.05) is 0 Å². The maximum Gasteiger partial charge on any atom is 0.411 e. The number of amides is 1. The standard InChI is InChI=1S/C11H19NO5/c1-11(2,3)17-10(16)12-5-7(6-13)4-8(12)9(14)15/h7-8,13H,4-6H2,1-3H3,(H,14,15). The van der Waals surface area contributed by atoms with Crippen molar-refractivity contribution < 1.29 is 24.5 Å². The Bertz CT molecular complexity index is 309. The third kappa shape index (κ3) is 3.59. The summed E-state index contributed by atoms with van der Waals surface area (Å²) in [7, 11) is 0. The van der Waals surface area contributed by atoms with Crippen LogP contribution in [0.5, 0.6) is 0 Å². The number of aliphatic carboxylic acids is 1. The van der Waals surface area contributed by atoms with Gasteiger partial charge in [0, 0.05) is 19.1 Å². The summed E-state index contributed by atoms with van der Waals surface area (Å²) in [5, 5.41) is 18.0. The van der Waals surface area contributed by atoms with Crippen LogP contribution >= 0.6 is 0 Å². The van der Waals surface area contributed by atoms with Crippen LogP contribution in [0.15, 0.2) is 0 Å². The lowest BCUT2D eigenvalue weighted by Crippen LogP contribution is -2.43. The number of aliphatic hydroxyl groups excluding tert-OH is 1. The van der Waals surface area contributed by atoms with Crippen LogP contribution in [0, 0.1) is 5.92 Å². The van der Waals surface area contributed by atoms with E-state index in [1.54, 1.807) is 20.8 Å². The highest BCUT2D eigenvalue weighted by molar-refractivity contribution is 5.80. The SMILES string of the molecule is CC(C)(C)OC(=O)N1CC(CO)CC1C(=O)O. The molecule has 0 bridgehead atoms. The van der Waals surface area contributed by atoms with Gasteiger partial charge in [-0.15, -0.1) is 0 Å². The smallest absolute Gasteiger partial charge is 0.411 e. The Labute approximate surface area is 100 Å². The van der Waals surface area contributed by atoms with Crippen LogP contribution < -0.4 is 0 Å². The van der Waals surface area contributed by atoms with Crippen molar-refractivity contribution in [2.45, 2.75) is 38.8 Å². The molecule has 2 unspecified atom stereocenters. The Hall–Kier alpha value is -1.30. The van der Waals surface area contributed by atoms with Crippen LogP contribution in [0.1, 0.15) is 27.2 Å². The van der Waals surface area contributed by atoms with Crippen molar-refractivity contribution in [1.82, 2.24) is 4.90 Å². The first kappa shape index (κ1) is 13.8. The third-order valence-electron chi connectivity index (χ3n) is 2.56. The summed E-state index contributed by atoms with van der Waals surface area (Å²) < 4.78 is 5.14. The van der Waals surface area contributed by atoms with Gasteiger partial charge in [0.1, 0.15) is 11.6 Å². The molecule has 0 saturated carbocycles. The van der Waals surface area contributed by atoms with E-state index in [0.717, 1.165) is 0 Å². The number of nitrogens with zero attached hydrogens (tertiary/aromatic N) is 1. The van der Waals surface area contributed by atoms with Gasteiger partial charge in [-0.2, -0.15) is 0 Å². The van der Waals surface area contributed by atoms with E-state index in [2.05, 4.69) is 0 Å². The minimum atomic E-state index is -1.06. The Morgan fingerprint density at radius 3 is 2.41 bits per heavy atom. The molecule has 1 aliphatic rings. The summed E-state index contributed by atoms with van der Waals surface area (Å²) in [6, 6.07) is -0.901. The zero-order valence-corrected chi connectivity index (χ0v) is 10.3. The molecule has 0 spiro atoms. The molecular weight excluding hydrogens is 226 g/mol. The molecule has 17 heavy (non-hydrogen) atoms. The number of hydrogen-bond donors (Lipinski definition) is 2. The molecule has 1 heterocycles. The van der Waals surface area contributed by atoms with Crippen molar-refractivity contribution in [2.24, 2.45) is 5.92 Å². The van der Waals surface area contributed by atoms with Crippen LogP contribution in [0.2, 0.25) is 0 Å². The largest absolute Gasteiger partial charge is 0.480 e. The molecule has 0 aliphatic carbocycles. The predicted molar refractivity (Wildman–Crippen MR) is 59.6 cm³/mol. The number of rotatable bonds is 2. The molecule has 0 radical (unpaired) electrons. The van der Waals surface area contributed by atoms with Crippen molar-refractivity contribution in [3.8, 4) is 0 Å². The number of ether oxygens (including phenoxy) is 1. The lowest BCUT2D eigenvalue weighted by atomic mass is 10.1. The first-order valence-electron chi connectivity index (χ1n) is 5.58. The number of carbonyl (C=O) groups excluding carboxylic acids is 1. The number of hydrogen-bond acceptors (Lipinski definition) is 4. The fraction of sp³-hybridized carbons (Fsp3) is 0.818. The van der Waals surface area contributed by atoms with E-state index < -0.39 is 23.7 Å². The number of likely N-dealkylation sites (tertiary alicyclic amines) is 1. The fourth-order valence-corrected chi connectivity index (χ4v) is 1.81. The first-order valence-corrected chi connectivity index (χ1v) is 5.58. The summed E-state index contributed by atoms with van der Waals surface area (Å²) >= 11 is 0. The molecule has 0 aromatic carbocycles. The van der Waals surface area contributed by atoms with Gasteiger partial charge < -0.3 is 14.9 Å². The molecule has 2 N–H and O–H groups in total. The number of aliphatic hydroxyl groups is 1. The van der Waals surface area contributed by atoms with Gasteiger partial charge in [0.05, 0.1) is 0 Å². The minimum absolute atomic E-state index is 0.122. The van der Waals surface area contributed by atoms with Gasteiger partial charge in [-0.3, -0.25) is 4.90 Å². The van der Waals surface area contributed by atoms with E-state index >= 15 is 0 Å². The highest BCUT2D eigenvalue weighted by Crippen LogP contribution is 2.25. The molecule has 1 saturated heterocycles. The van der Waals surface area contributed by atoms with Crippen LogP contribution in [-0.4, -0.2) is 52.0 Å². The van der Waals surface area contributed by atoms with Gasteiger partial charge >= 0.3 is 12.1 Å². The second kappa shape index (κ2) is 4.91. The van der Waals surface area contributed by atoms with Gasteiger partial charge in [0.15, 0.2) is 0 Å². The van der Waals surface area contributed by atoms with Crippen molar-refractivity contribution >= 4 is 12.1 Å². The van der Waals surface area contributed by atoms with E-state index in [0.29, 0.717) is 0 Å². The van der Waals surface area contributed by atoms with E-state index in [4.69, 9.17) is 14.9 Å². The number of carboxylic acids is 1. The number of carbonyl (C=O) groups is 2. The maximum atomic E-state index is 11.8. The topological polar surface area (TPSA) is 87.1 Å². The average Bonchev–Trinajstić information content (AvgIpc) is 2.58. The Morgan fingerprint density at radius 2 is 2.00 bits per heavy atom. The van der Waals surface area contributed by atoms with Gasteiger partial charge in [-0.25, -0.2) is 9.59 Å². The minimum Gasteiger partial charge on any atom is -0.480 e. The molecule has 1 aliphatic heterocycles. The molecule has 1 fully saturated rings. The summed E-state index contributed by atoms with van der Waals surface area (Å²) in [4.78, 5) is 24.0. The zero-order chi connectivity index (χ0) is 13.2. The lowest BCUT2D eigenvalue weighted by molar-refractivity contribution is -0.142. The summed E-state index contributed by atoms with van der Waals surface area (Å²) in [5.74, 6) is -1.25. The second-order valence-corrected chi connectivity index (χ2v) is 5.27. The summed E-state index contributed by atoms with van der Waals surface area (Å²) in [6.07, 6.45) is -0.369. The van der Waals surface area contributed by atoms with Crippen LogP contribution in [-0.2, 0) is 9.53 Å². The molecule has 1 amide bonds. The monoisotopic (exact) mass is 245 g/mol. The molecule has 98 valence electrons. The summed E-state index contributed by atoms with van der Waals surface area (Å²) in [5.41, 5.74) is -0.655. The van der Waals surface area contributed by atoms with E-state index in [1.165, 1.54) is 4.90 Å². The number of carboxylic acid groups (broad SMARTS) is 1. The maximum absolute atomic E-state index is 11.8. The Balaban J connectivity index is 2.73. The van der Waals surface area contributed by atoms with Crippen molar-refractivity contribution in [1.29, 1.82) is 0 Å². The lowest BCUT2D eigenvalue weighted by Gasteiger charge is -2.26. The second-order valence-electron chi connectivity index (χ2n) is 5.27. The zero-order valence-electron chi connectivity index (χ0n) is 10.3. The Morgan fingerprint density at radius 1 is 1.41 bits per heavy atom. The highest BCUT2D eigenvalue weighted by Gasteiger charge is 2.41. The van der Waals surface area contributed by atoms with E-state index in [-0.39, 0.29) is 25.5 Å². The first-order chi connectivity index (χ1) is 7.74. The van der Waals surface area contributed by atoms with Crippen molar-refractivity contribution in [3.05, 3.63) is 0 Å². The molecule has 1 rings (SSSR count). The van der Waals surface area contributed by atoms with Gasteiger partial charge in [0.2, 0.25) is 0 Å². The molecular formula is C11H19NO5. The van der Waals surface area contributed by atoms with Crippen LogP contribution in [0.4, 0.5) is 4.79 Å². The van der Waals surface area contributed by atoms with E-state index in [9.17, 15) is 9.59 Å². The van der Waals surface area contributed by atoms with Crippen molar-refractivity contribution in [3.63, 3.8) is 0 Å². The molecule has 6 heteroatoms. The van der Waals surface area contributed by atoms with Crippen LogP contribution in [0.25, 0.3) is 0 Å². The molecule has 0 aromatic heterocycles. The van der Waals surface area contributed by atoms with Gasteiger partial charge in [0.25, 0.3) is 0 Å². The van der Waals surface area contributed by atoms with Crippen LogP contribution in [0.3, 0.4) is 0 Å². The van der Waals surface area contributed by atoms with Crippen molar-refractivity contribution in [2.75, 3.05) is 13.2 Å². The molecule has 0 aromatic rings. The molecule has 2 atom stereocenters. The quantitative estimate of drug-likeness (QED) is 0.747. The van der Waals surface area contributed by atoms with E-state index in [1.807, 2.05) is 0 Å². The third-order valence-corrected chi connectivity index (χ3v) is 2.56. The highest BCUT2D eigenvalue weighted by atomic mass is 16.6. The van der Waals surface area contributed by atoms with Gasteiger partial charge in [-0.05, 0) is 27.2 Å². The average molecular weight is 245 g/mol. The normalized spacial score (nSPS) is 24.8.